The van der Waals surface area contributed by atoms with Crippen LogP contribution >= 0.6 is 0 Å². The molecule has 2 heterocycles. The van der Waals surface area contributed by atoms with Gasteiger partial charge in [0.2, 0.25) is 0 Å². The van der Waals surface area contributed by atoms with E-state index in [2.05, 4.69) is 11.7 Å². The molecule has 3 rings (SSSR count). The third kappa shape index (κ3) is 3.07. The van der Waals surface area contributed by atoms with Crippen LogP contribution in [0.3, 0.4) is 0 Å². The first kappa shape index (κ1) is 18.6. The summed E-state index contributed by atoms with van der Waals surface area (Å²) in [5, 5.41) is 13.6. The van der Waals surface area contributed by atoms with Gasteiger partial charge in [-0.25, -0.2) is 4.39 Å². The van der Waals surface area contributed by atoms with E-state index in [1.165, 1.54) is 12.1 Å². The van der Waals surface area contributed by atoms with E-state index < -0.39 is 11.6 Å². The second kappa shape index (κ2) is 6.87. The van der Waals surface area contributed by atoms with Gasteiger partial charge >= 0.3 is 0 Å². The predicted octanol–water partition coefficient (Wildman–Crippen LogP) is 4.83. The van der Waals surface area contributed by atoms with Crippen LogP contribution < -0.4 is 0 Å². The molecule has 0 spiro atoms. The molecule has 0 unspecified atom stereocenters. The van der Waals surface area contributed by atoms with Gasteiger partial charge in [-0.05, 0) is 63.4 Å². The molecule has 6 heteroatoms. The SMILES string of the molecule is C=C(C)Cc1c(C)c(C=O)n(-c2c(C)noc2C)c1-c1ccc(O)c(F)c1. The molecular weight excluding hydrogens is 347 g/mol. The molecule has 0 bridgehead atoms. The number of carbonyl (C=O) groups is 1. The van der Waals surface area contributed by atoms with Gasteiger partial charge in [-0.2, -0.15) is 0 Å². The Morgan fingerprint density at radius 1 is 1.37 bits per heavy atom. The summed E-state index contributed by atoms with van der Waals surface area (Å²) in [7, 11) is 0. The number of benzene rings is 1. The first-order valence-electron chi connectivity index (χ1n) is 8.52. The van der Waals surface area contributed by atoms with Gasteiger partial charge in [0.15, 0.2) is 23.6 Å². The summed E-state index contributed by atoms with van der Waals surface area (Å²) in [6.07, 6.45) is 1.31. The molecule has 1 N–H and O–H groups in total. The van der Waals surface area contributed by atoms with Gasteiger partial charge in [-0.3, -0.25) is 4.79 Å². The van der Waals surface area contributed by atoms with Crippen molar-refractivity contribution in [1.29, 1.82) is 0 Å². The molecule has 0 atom stereocenters. The van der Waals surface area contributed by atoms with Gasteiger partial charge in [0.05, 0.1) is 11.4 Å². The van der Waals surface area contributed by atoms with E-state index in [0.29, 0.717) is 40.5 Å². The van der Waals surface area contributed by atoms with Crippen LogP contribution in [-0.2, 0) is 6.42 Å². The van der Waals surface area contributed by atoms with Gasteiger partial charge in [0, 0.05) is 5.56 Å². The van der Waals surface area contributed by atoms with Crippen LogP contribution in [0.15, 0.2) is 34.9 Å². The van der Waals surface area contributed by atoms with Gasteiger partial charge in [0.1, 0.15) is 11.4 Å². The van der Waals surface area contributed by atoms with Crippen molar-refractivity contribution >= 4 is 6.29 Å². The van der Waals surface area contributed by atoms with Gasteiger partial charge < -0.3 is 14.2 Å². The van der Waals surface area contributed by atoms with Crippen LogP contribution in [0.1, 0.15) is 40.0 Å². The summed E-state index contributed by atoms with van der Waals surface area (Å²) in [4.78, 5) is 12.0. The minimum atomic E-state index is -0.731. The number of hydrogen-bond acceptors (Lipinski definition) is 4. The maximum Gasteiger partial charge on any atom is 0.167 e. The van der Waals surface area contributed by atoms with Crippen LogP contribution in [0, 0.1) is 26.6 Å². The lowest BCUT2D eigenvalue weighted by atomic mass is 9.99. The molecule has 3 aromatic rings. The summed E-state index contributed by atoms with van der Waals surface area (Å²) in [5.74, 6) is -0.610. The monoisotopic (exact) mass is 368 g/mol. The number of hydrogen-bond donors (Lipinski definition) is 1. The number of aromatic hydroxyl groups is 1. The number of nitrogens with zero attached hydrogens (tertiary/aromatic N) is 2. The molecule has 0 amide bonds. The van der Waals surface area contributed by atoms with Crippen LogP contribution in [0.4, 0.5) is 4.39 Å². The van der Waals surface area contributed by atoms with E-state index in [-0.39, 0.29) is 0 Å². The van der Waals surface area contributed by atoms with E-state index in [1.807, 2.05) is 13.8 Å². The zero-order valence-corrected chi connectivity index (χ0v) is 15.8. The molecule has 0 fully saturated rings. The number of halogens is 1. The van der Waals surface area contributed by atoms with Crippen LogP contribution in [-0.4, -0.2) is 21.1 Å². The van der Waals surface area contributed by atoms with Crippen molar-refractivity contribution in [1.82, 2.24) is 9.72 Å². The number of phenolic OH excluding ortho intramolecular Hbond substituents is 1. The molecule has 1 aromatic carbocycles. The van der Waals surface area contributed by atoms with Crippen LogP contribution in [0.2, 0.25) is 0 Å². The fourth-order valence-electron chi connectivity index (χ4n) is 3.40. The van der Waals surface area contributed by atoms with Crippen molar-refractivity contribution in [3.05, 3.63) is 64.4 Å². The first-order valence-corrected chi connectivity index (χ1v) is 8.52. The molecule has 2 aromatic heterocycles. The maximum atomic E-state index is 14.1. The van der Waals surface area contributed by atoms with Crippen molar-refractivity contribution in [3.8, 4) is 22.7 Å². The third-order valence-corrected chi connectivity index (χ3v) is 4.62. The molecule has 27 heavy (non-hydrogen) atoms. The molecule has 5 nitrogen and oxygen atoms in total. The summed E-state index contributed by atoms with van der Waals surface area (Å²) in [6, 6.07) is 4.18. The Morgan fingerprint density at radius 2 is 2.07 bits per heavy atom. The van der Waals surface area contributed by atoms with Crippen LogP contribution in [0.5, 0.6) is 5.75 Å². The van der Waals surface area contributed by atoms with E-state index in [0.717, 1.165) is 23.0 Å². The molecule has 140 valence electrons. The zero-order valence-electron chi connectivity index (χ0n) is 15.8. The minimum absolute atomic E-state index is 0.428. The number of rotatable bonds is 5. The van der Waals surface area contributed by atoms with E-state index in [4.69, 9.17) is 4.52 Å². The first-order chi connectivity index (χ1) is 12.8. The summed E-state index contributed by atoms with van der Waals surface area (Å²) >= 11 is 0. The van der Waals surface area contributed by atoms with Crippen molar-refractivity contribution < 1.29 is 18.8 Å². The fraction of sp³-hybridized carbons (Fsp3) is 0.238. The van der Waals surface area contributed by atoms with Crippen molar-refractivity contribution in [2.45, 2.75) is 34.1 Å². The molecular formula is C21H21FN2O3. The van der Waals surface area contributed by atoms with Crippen molar-refractivity contribution in [2.24, 2.45) is 0 Å². The lowest BCUT2D eigenvalue weighted by Crippen LogP contribution is -2.05. The number of allylic oxidation sites excluding steroid dienone is 1. The Morgan fingerprint density at radius 3 is 2.59 bits per heavy atom. The van der Waals surface area contributed by atoms with Crippen molar-refractivity contribution in [3.63, 3.8) is 0 Å². The highest BCUT2D eigenvalue weighted by Gasteiger charge is 2.26. The Labute approximate surface area is 156 Å². The smallest absolute Gasteiger partial charge is 0.167 e. The molecule has 0 aliphatic rings. The Balaban J connectivity index is 2.46. The molecule has 0 saturated carbocycles. The van der Waals surface area contributed by atoms with Gasteiger partial charge in [-0.15, -0.1) is 0 Å². The van der Waals surface area contributed by atoms with E-state index >= 15 is 0 Å². The maximum absolute atomic E-state index is 14.1. The standard InChI is InChI=1S/C21H21FN2O3/c1-11(2)8-16-12(3)18(10-25)24(20-13(4)23-27-14(20)5)21(16)15-6-7-19(26)17(22)9-15/h6-7,9-10,26H,1,8H2,2-5H3. The van der Waals surface area contributed by atoms with Crippen LogP contribution in [0.25, 0.3) is 16.9 Å². The summed E-state index contributed by atoms with van der Waals surface area (Å²) in [6.45, 7) is 11.3. The Hall–Kier alpha value is -3.15. The highest BCUT2D eigenvalue weighted by Crippen LogP contribution is 2.38. The number of carbonyl (C=O) groups excluding carboxylic acids is 1. The van der Waals surface area contributed by atoms with Gasteiger partial charge in [0.25, 0.3) is 0 Å². The number of aromatic nitrogens is 2. The normalized spacial score (nSPS) is 11.0. The average molecular weight is 368 g/mol. The predicted molar refractivity (Wildman–Crippen MR) is 101 cm³/mol. The summed E-state index contributed by atoms with van der Waals surface area (Å²) in [5.41, 5.74) is 5.48. The topological polar surface area (TPSA) is 68.3 Å². The number of phenols is 1. The minimum Gasteiger partial charge on any atom is -0.505 e. The average Bonchev–Trinajstić information content (AvgIpc) is 3.06. The fourth-order valence-corrected chi connectivity index (χ4v) is 3.40. The quantitative estimate of drug-likeness (QED) is 0.517. The highest BCUT2D eigenvalue weighted by atomic mass is 19.1. The number of aryl methyl sites for hydroxylation is 2. The lowest BCUT2D eigenvalue weighted by molar-refractivity contribution is 0.111. The zero-order chi connectivity index (χ0) is 19.9. The van der Waals surface area contributed by atoms with Crippen molar-refractivity contribution in [2.75, 3.05) is 0 Å². The van der Waals surface area contributed by atoms with E-state index in [1.54, 1.807) is 24.5 Å². The largest absolute Gasteiger partial charge is 0.505 e. The Kier molecular flexibility index (Phi) is 4.74. The van der Waals surface area contributed by atoms with E-state index in [9.17, 15) is 14.3 Å². The second-order valence-electron chi connectivity index (χ2n) is 6.76. The Bertz CT molecular complexity index is 1040. The van der Waals surface area contributed by atoms with Gasteiger partial charge in [-0.1, -0.05) is 17.3 Å². The highest BCUT2D eigenvalue weighted by molar-refractivity contribution is 5.84. The number of aldehydes is 1. The molecule has 0 aliphatic heterocycles. The third-order valence-electron chi connectivity index (χ3n) is 4.62. The molecule has 0 saturated heterocycles. The summed E-state index contributed by atoms with van der Waals surface area (Å²) < 4.78 is 21.2. The lowest BCUT2D eigenvalue weighted by Gasteiger charge is -2.13. The second-order valence-corrected chi connectivity index (χ2v) is 6.76. The molecule has 0 aliphatic carbocycles. The molecule has 0 radical (unpaired) electrons.